The average molecular weight is 296 g/mol. The van der Waals surface area contributed by atoms with Gasteiger partial charge in [-0.2, -0.15) is 0 Å². The minimum absolute atomic E-state index is 0.314. The molecular formula is C15H18ClNO3. The highest BCUT2D eigenvalue weighted by molar-refractivity contribution is 6.35. The molecule has 0 radical (unpaired) electrons. The van der Waals surface area contributed by atoms with E-state index < -0.39 is 0 Å². The number of benzene rings is 1. The van der Waals surface area contributed by atoms with Crippen LogP contribution in [0.4, 0.5) is 0 Å². The van der Waals surface area contributed by atoms with Gasteiger partial charge in [-0.1, -0.05) is 11.6 Å². The summed E-state index contributed by atoms with van der Waals surface area (Å²) in [5, 5.41) is 1.53. The molecule has 2 rings (SSSR count). The molecule has 0 aliphatic carbocycles. The number of rotatable bonds is 7. The average Bonchev–Trinajstić information content (AvgIpc) is 2.47. The molecule has 0 amide bonds. The van der Waals surface area contributed by atoms with Gasteiger partial charge in [0, 0.05) is 24.8 Å². The van der Waals surface area contributed by atoms with Gasteiger partial charge in [0.15, 0.2) is 6.29 Å². The lowest BCUT2D eigenvalue weighted by Crippen LogP contribution is -2.25. The van der Waals surface area contributed by atoms with Crippen molar-refractivity contribution in [2.45, 2.75) is 20.1 Å². The Morgan fingerprint density at radius 1 is 1.15 bits per heavy atom. The van der Waals surface area contributed by atoms with E-state index in [2.05, 4.69) is 4.98 Å². The van der Waals surface area contributed by atoms with E-state index in [0.717, 1.165) is 10.9 Å². The second kappa shape index (κ2) is 7.43. The zero-order chi connectivity index (χ0) is 14.4. The Labute approximate surface area is 123 Å². The highest BCUT2D eigenvalue weighted by atomic mass is 35.5. The normalized spacial score (nSPS) is 11.2. The molecule has 0 N–H and O–H groups in total. The Bertz CT molecular complexity index is 556. The summed E-state index contributed by atoms with van der Waals surface area (Å²) >= 11 is 6.15. The maximum Gasteiger partial charge on any atom is 0.191 e. The van der Waals surface area contributed by atoms with Crippen molar-refractivity contribution >= 4 is 22.5 Å². The molecule has 4 nitrogen and oxygen atoms in total. The summed E-state index contributed by atoms with van der Waals surface area (Å²) in [5.41, 5.74) is 0.742. The van der Waals surface area contributed by atoms with Crippen molar-refractivity contribution < 1.29 is 14.2 Å². The van der Waals surface area contributed by atoms with Crippen LogP contribution in [0.5, 0.6) is 5.75 Å². The van der Waals surface area contributed by atoms with E-state index in [9.17, 15) is 0 Å². The number of nitrogens with zero attached hydrogens (tertiary/aromatic N) is 1. The van der Waals surface area contributed by atoms with Crippen LogP contribution in [-0.4, -0.2) is 31.1 Å². The van der Waals surface area contributed by atoms with Crippen molar-refractivity contribution in [3.63, 3.8) is 0 Å². The zero-order valence-electron chi connectivity index (χ0n) is 11.6. The lowest BCUT2D eigenvalue weighted by molar-refractivity contribution is -0.152. The Balaban J connectivity index is 2.15. The first-order valence-corrected chi connectivity index (χ1v) is 7.03. The van der Waals surface area contributed by atoms with E-state index in [1.165, 1.54) is 0 Å². The number of pyridine rings is 1. The highest BCUT2D eigenvalue weighted by Gasteiger charge is 2.12. The molecule has 0 bridgehead atoms. The van der Waals surface area contributed by atoms with Gasteiger partial charge in [0.2, 0.25) is 0 Å². The van der Waals surface area contributed by atoms with Crippen molar-refractivity contribution in [2.75, 3.05) is 19.8 Å². The van der Waals surface area contributed by atoms with Crippen molar-refractivity contribution in [1.82, 2.24) is 4.98 Å². The Hall–Kier alpha value is -1.36. The second-order valence-electron chi connectivity index (χ2n) is 4.10. The van der Waals surface area contributed by atoms with Gasteiger partial charge >= 0.3 is 0 Å². The third-order valence-corrected chi connectivity index (χ3v) is 3.09. The molecule has 5 heteroatoms. The molecule has 0 spiro atoms. The maximum atomic E-state index is 6.15. The zero-order valence-corrected chi connectivity index (χ0v) is 12.4. The Kier molecular flexibility index (Phi) is 5.59. The number of fused-ring (bicyclic) bond motifs is 1. The summed E-state index contributed by atoms with van der Waals surface area (Å²) in [5.74, 6) is 0.675. The Morgan fingerprint density at radius 2 is 1.90 bits per heavy atom. The predicted octanol–water partition coefficient (Wildman–Crippen LogP) is 3.67. The lowest BCUT2D eigenvalue weighted by Gasteiger charge is -2.18. The first-order chi connectivity index (χ1) is 9.76. The number of ether oxygens (including phenoxy) is 3. The van der Waals surface area contributed by atoms with Gasteiger partial charge in [0.05, 0.1) is 5.02 Å². The molecule has 0 atom stereocenters. The number of aromatic nitrogens is 1. The molecule has 20 heavy (non-hydrogen) atoms. The maximum absolute atomic E-state index is 6.15. The quantitative estimate of drug-likeness (QED) is 0.731. The fourth-order valence-corrected chi connectivity index (χ4v) is 2.12. The monoisotopic (exact) mass is 295 g/mol. The standard InChI is InChI=1S/C15H18ClNO3/c1-3-18-14(19-4-2)10-20-13-8-7-12(16)11-6-5-9-17-15(11)13/h5-9,14H,3-4,10H2,1-2H3. The van der Waals surface area contributed by atoms with Crippen molar-refractivity contribution in [2.24, 2.45) is 0 Å². The lowest BCUT2D eigenvalue weighted by atomic mass is 10.2. The van der Waals surface area contributed by atoms with E-state index in [-0.39, 0.29) is 6.29 Å². The molecule has 2 aromatic rings. The van der Waals surface area contributed by atoms with Crippen LogP contribution in [0.25, 0.3) is 10.9 Å². The van der Waals surface area contributed by atoms with Crippen molar-refractivity contribution in [3.05, 3.63) is 35.5 Å². The minimum atomic E-state index is -0.376. The summed E-state index contributed by atoms with van der Waals surface area (Å²) < 4.78 is 16.7. The van der Waals surface area contributed by atoms with Crippen molar-refractivity contribution in [1.29, 1.82) is 0 Å². The molecule has 108 valence electrons. The molecule has 1 aromatic carbocycles. The first kappa shape index (κ1) is 15.0. The SMILES string of the molecule is CCOC(COc1ccc(Cl)c2cccnc12)OCC. The van der Waals surface area contributed by atoms with Crippen LogP contribution in [0.3, 0.4) is 0 Å². The molecule has 0 saturated carbocycles. The molecular weight excluding hydrogens is 278 g/mol. The van der Waals surface area contributed by atoms with Gasteiger partial charge in [-0.05, 0) is 38.1 Å². The molecule has 0 fully saturated rings. The largest absolute Gasteiger partial charge is 0.486 e. The predicted molar refractivity (Wildman–Crippen MR) is 79.3 cm³/mol. The molecule has 0 unspecified atom stereocenters. The summed E-state index contributed by atoms with van der Waals surface area (Å²) in [7, 11) is 0. The number of hydrogen-bond acceptors (Lipinski definition) is 4. The summed E-state index contributed by atoms with van der Waals surface area (Å²) in [6.45, 7) is 5.31. The number of hydrogen-bond donors (Lipinski definition) is 0. The van der Waals surface area contributed by atoms with Crippen LogP contribution in [-0.2, 0) is 9.47 Å². The van der Waals surface area contributed by atoms with Gasteiger partial charge in [0.25, 0.3) is 0 Å². The van der Waals surface area contributed by atoms with Crippen LogP contribution in [0.1, 0.15) is 13.8 Å². The third-order valence-electron chi connectivity index (χ3n) is 2.76. The molecule has 0 aliphatic rings. The van der Waals surface area contributed by atoms with Gasteiger partial charge < -0.3 is 14.2 Å². The fourth-order valence-electron chi connectivity index (χ4n) is 1.90. The first-order valence-electron chi connectivity index (χ1n) is 6.65. The summed E-state index contributed by atoms with van der Waals surface area (Å²) in [6.07, 6.45) is 1.34. The minimum Gasteiger partial charge on any atom is -0.486 e. The van der Waals surface area contributed by atoms with Crippen molar-refractivity contribution in [3.8, 4) is 5.75 Å². The van der Waals surface area contributed by atoms with E-state index in [1.54, 1.807) is 12.3 Å². The van der Waals surface area contributed by atoms with E-state index in [0.29, 0.717) is 30.6 Å². The smallest absolute Gasteiger partial charge is 0.191 e. The highest BCUT2D eigenvalue weighted by Crippen LogP contribution is 2.29. The molecule has 1 heterocycles. The molecule has 1 aromatic heterocycles. The van der Waals surface area contributed by atoms with Gasteiger partial charge in [-0.3, -0.25) is 4.98 Å². The summed E-state index contributed by atoms with van der Waals surface area (Å²) in [4.78, 5) is 4.32. The Morgan fingerprint density at radius 3 is 2.60 bits per heavy atom. The fraction of sp³-hybridized carbons (Fsp3) is 0.400. The van der Waals surface area contributed by atoms with E-state index in [1.807, 2.05) is 32.0 Å². The van der Waals surface area contributed by atoms with Crippen LogP contribution in [0.2, 0.25) is 5.02 Å². The van der Waals surface area contributed by atoms with E-state index in [4.69, 9.17) is 25.8 Å². The third kappa shape index (κ3) is 3.60. The van der Waals surface area contributed by atoms with E-state index >= 15 is 0 Å². The van der Waals surface area contributed by atoms with Gasteiger partial charge in [-0.15, -0.1) is 0 Å². The van der Waals surface area contributed by atoms with Crippen LogP contribution in [0.15, 0.2) is 30.5 Å². The summed E-state index contributed by atoms with van der Waals surface area (Å²) in [6, 6.07) is 7.38. The number of halogens is 1. The van der Waals surface area contributed by atoms with Gasteiger partial charge in [-0.25, -0.2) is 0 Å². The second-order valence-corrected chi connectivity index (χ2v) is 4.50. The molecule has 0 saturated heterocycles. The van der Waals surface area contributed by atoms with Crippen LogP contribution < -0.4 is 4.74 Å². The van der Waals surface area contributed by atoms with Crippen LogP contribution in [0, 0.1) is 0 Å². The van der Waals surface area contributed by atoms with Crippen LogP contribution >= 0.6 is 11.6 Å². The topological polar surface area (TPSA) is 40.6 Å². The van der Waals surface area contributed by atoms with Gasteiger partial charge in [0.1, 0.15) is 17.9 Å². The molecule has 0 aliphatic heterocycles.